The van der Waals surface area contributed by atoms with Gasteiger partial charge in [0.1, 0.15) is 12.6 Å². The first-order valence-electron chi connectivity index (χ1n) is 14.6. The zero-order valence-electron chi connectivity index (χ0n) is 26.0. The van der Waals surface area contributed by atoms with Crippen LogP contribution in [-0.2, 0) is 32.6 Å². The van der Waals surface area contributed by atoms with Crippen molar-refractivity contribution in [1.82, 2.24) is 10.2 Å². The lowest BCUT2D eigenvalue weighted by atomic mass is 10.0. The third kappa shape index (κ3) is 9.12. The summed E-state index contributed by atoms with van der Waals surface area (Å²) < 4.78 is 30.1. The fourth-order valence-corrected chi connectivity index (χ4v) is 7.03. The first-order chi connectivity index (χ1) is 21.7. The van der Waals surface area contributed by atoms with Gasteiger partial charge in [-0.05, 0) is 81.8 Å². The molecule has 1 N–H and O–H groups in total. The summed E-state index contributed by atoms with van der Waals surface area (Å²) in [5.41, 5.74) is 1.82. The van der Waals surface area contributed by atoms with Crippen LogP contribution in [0.4, 0.5) is 5.69 Å². The fraction of sp³-hybridized carbons (Fsp3) is 0.257. The van der Waals surface area contributed by atoms with Crippen molar-refractivity contribution >= 4 is 66.7 Å². The Hall–Kier alpha value is -3.37. The van der Waals surface area contributed by atoms with Crippen LogP contribution in [0.1, 0.15) is 37.5 Å². The zero-order valence-corrected chi connectivity index (χ0v) is 29.9. The number of anilines is 1. The number of hydrogen-bond donors (Lipinski definition) is 1. The molecule has 2 amide bonds. The lowest BCUT2D eigenvalue weighted by Crippen LogP contribution is -2.56. The van der Waals surface area contributed by atoms with Crippen LogP contribution in [0.25, 0.3) is 0 Å². The van der Waals surface area contributed by atoms with Crippen LogP contribution >= 0.6 is 39.1 Å². The predicted octanol–water partition coefficient (Wildman–Crippen LogP) is 7.81. The molecule has 0 saturated heterocycles. The quantitative estimate of drug-likeness (QED) is 0.170. The minimum atomic E-state index is -4.22. The number of benzene rings is 4. The van der Waals surface area contributed by atoms with E-state index in [1.807, 2.05) is 58.0 Å². The van der Waals surface area contributed by atoms with Crippen molar-refractivity contribution in [3.63, 3.8) is 0 Å². The molecule has 0 radical (unpaired) electrons. The summed E-state index contributed by atoms with van der Waals surface area (Å²) in [7, 11) is -4.22. The van der Waals surface area contributed by atoms with Gasteiger partial charge in [0.25, 0.3) is 10.0 Å². The van der Waals surface area contributed by atoms with Gasteiger partial charge in [0, 0.05) is 38.6 Å². The standard InChI is InChI=1S/C35H36BrCl2N3O4S/c1-24-13-19-28(20-14-24)46(44,45)41(27-17-15-26(36)16-18-27)23-33(42)40(22-29-30(37)11-8-12-31(29)38)32(34(43)39-35(2,3)4)21-25-9-6-5-7-10-25/h5-20,32H,21-23H2,1-4H3,(H,39,43)/t32-/m0/s1. The minimum absolute atomic E-state index is 0.0285. The van der Waals surface area contributed by atoms with E-state index in [1.165, 1.54) is 17.0 Å². The monoisotopic (exact) mass is 743 g/mol. The van der Waals surface area contributed by atoms with E-state index < -0.39 is 40.0 Å². The molecule has 0 heterocycles. The molecule has 11 heteroatoms. The largest absolute Gasteiger partial charge is 0.350 e. The molecule has 0 aliphatic rings. The molecule has 0 bridgehead atoms. The number of carbonyl (C=O) groups is 2. The van der Waals surface area contributed by atoms with E-state index in [1.54, 1.807) is 54.6 Å². The maximum Gasteiger partial charge on any atom is 0.264 e. The number of nitrogens with zero attached hydrogens (tertiary/aromatic N) is 2. The number of carbonyl (C=O) groups excluding carboxylic acids is 2. The van der Waals surface area contributed by atoms with Gasteiger partial charge in [0.15, 0.2) is 0 Å². The fourth-order valence-electron chi connectivity index (χ4n) is 4.83. The molecule has 7 nitrogen and oxygen atoms in total. The molecular formula is C35H36BrCl2N3O4S. The van der Waals surface area contributed by atoms with E-state index >= 15 is 0 Å². The SMILES string of the molecule is Cc1ccc(S(=O)(=O)N(CC(=O)N(Cc2c(Cl)cccc2Cl)[C@@H](Cc2ccccc2)C(=O)NC(C)(C)C)c2ccc(Br)cc2)cc1. The molecule has 4 rings (SSSR count). The van der Waals surface area contributed by atoms with E-state index in [0.717, 1.165) is 19.9 Å². The lowest BCUT2D eigenvalue weighted by molar-refractivity contribution is -0.140. The summed E-state index contributed by atoms with van der Waals surface area (Å²) in [4.78, 5) is 30.0. The summed E-state index contributed by atoms with van der Waals surface area (Å²) in [6.45, 7) is 6.69. The number of nitrogens with one attached hydrogen (secondary N) is 1. The molecule has 0 aromatic heterocycles. The Kier molecular flexibility index (Phi) is 11.6. The van der Waals surface area contributed by atoms with Gasteiger partial charge in [-0.15, -0.1) is 0 Å². The second-order valence-corrected chi connectivity index (χ2v) is 15.6. The van der Waals surface area contributed by atoms with E-state index in [-0.39, 0.29) is 23.5 Å². The van der Waals surface area contributed by atoms with E-state index in [2.05, 4.69) is 21.2 Å². The molecule has 0 aliphatic heterocycles. The van der Waals surface area contributed by atoms with Gasteiger partial charge >= 0.3 is 0 Å². The van der Waals surface area contributed by atoms with Gasteiger partial charge in [-0.25, -0.2) is 8.42 Å². The Bertz CT molecular complexity index is 1760. The molecule has 0 aliphatic carbocycles. The first kappa shape index (κ1) is 35.5. The second-order valence-electron chi connectivity index (χ2n) is 12.0. The van der Waals surface area contributed by atoms with Crippen molar-refractivity contribution in [2.75, 3.05) is 10.8 Å². The summed E-state index contributed by atoms with van der Waals surface area (Å²) in [6, 6.07) is 26.4. The average molecular weight is 746 g/mol. The van der Waals surface area contributed by atoms with Gasteiger partial charge in [-0.3, -0.25) is 13.9 Å². The second kappa shape index (κ2) is 15.0. The molecule has 4 aromatic rings. The zero-order chi connectivity index (χ0) is 33.6. The van der Waals surface area contributed by atoms with Gasteiger partial charge < -0.3 is 10.2 Å². The van der Waals surface area contributed by atoms with Crippen LogP contribution in [0.3, 0.4) is 0 Å². The third-order valence-electron chi connectivity index (χ3n) is 7.16. The Morgan fingerprint density at radius 3 is 2.00 bits per heavy atom. The Morgan fingerprint density at radius 1 is 0.848 bits per heavy atom. The Balaban J connectivity index is 1.85. The number of rotatable bonds is 11. The molecule has 0 fully saturated rings. The molecule has 1 atom stereocenters. The summed E-state index contributed by atoms with van der Waals surface area (Å²) >= 11 is 16.6. The smallest absolute Gasteiger partial charge is 0.264 e. The summed E-state index contributed by atoms with van der Waals surface area (Å²) in [6.07, 6.45) is 0.166. The predicted molar refractivity (Wildman–Crippen MR) is 189 cm³/mol. The van der Waals surface area contributed by atoms with Crippen molar-refractivity contribution in [3.8, 4) is 0 Å². The van der Waals surface area contributed by atoms with Crippen molar-refractivity contribution < 1.29 is 18.0 Å². The van der Waals surface area contributed by atoms with Crippen LogP contribution in [0, 0.1) is 6.92 Å². The van der Waals surface area contributed by atoms with E-state index in [9.17, 15) is 18.0 Å². The van der Waals surface area contributed by atoms with Crippen LogP contribution in [0.5, 0.6) is 0 Å². The van der Waals surface area contributed by atoms with E-state index in [0.29, 0.717) is 15.6 Å². The molecule has 4 aromatic carbocycles. The third-order valence-corrected chi connectivity index (χ3v) is 10.2. The van der Waals surface area contributed by atoms with Gasteiger partial charge in [0.05, 0.1) is 10.6 Å². The van der Waals surface area contributed by atoms with E-state index in [4.69, 9.17) is 23.2 Å². The topological polar surface area (TPSA) is 86.8 Å². The van der Waals surface area contributed by atoms with Crippen LogP contribution in [0.15, 0.2) is 106 Å². The van der Waals surface area contributed by atoms with Crippen molar-refractivity contribution in [1.29, 1.82) is 0 Å². The maximum absolute atomic E-state index is 14.6. The molecule has 0 unspecified atom stereocenters. The van der Waals surface area contributed by atoms with Gasteiger partial charge in [0.2, 0.25) is 11.8 Å². The number of aryl methyl sites for hydroxylation is 1. The minimum Gasteiger partial charge on any atom is -0.350 e. The molecule has 0 saturated carbocycles. The Labute approximate surface area is 289 Å². The van der Waals surface area contributed by atoms with Gasteiger partial charge in [-0.1, -0.05) is 93.2 Å². The highest BCUT2D eigenvalue weighted by Gasteiger charge is 2.36. The molecular weight excluding hydrogens is 709 g/mol. The highest BCUT2D eigenvalue weighted by Crippen LogP contribution is 2.30. The highest BCUT2D eigenvalue weighted by atomic mass is 79.9. The first-order valence-corrected chi connectivity index (χ1v) is 17.6. The Morgan fingerprint density at radius 2 is 1.43 bits per heavy atom. The number of halogens is 3. The van der Waals surface area contributed by atoms with Crippen molar-refractivity contribution in [2.24, 2.45) is 0 Å². The summed E-state index contributed by atoms with van der Waals surface area (Å²) in [5.74, 6) is -1.01. The molecule has 242 valence electrons. The number of hydrogen-bond acceptors (Lipinski definition) is 4. The molecule has 46 heavy (non-hydrogen) atoms. The van der Waals surface area contributed by atoms with Crippen molar-refractivity contribution in [2.45, 2.75) is 57.1 Å². The van der Waals surface area contributed by atoms with Crippen LogP contribution < -0.4 is 9.62 Å². The number of sulfonamides is 1. The normalized spacial score (nSPS) is 12.3. The lowest BCUT2D eigenvalue weighted by Gasteiger charge is -2.35. The maximum atomic E-state index is 14.6. The number of amides is 2. The average Bonchev–Trinajstić information content (AvgIpc) is 2.99. The molecule has 0 spiro atoms. The van der Waals surface area contributed by atoms with Crippen molar-refractivity contribution in [3.05, 3.63) is 128 Å². The highest BCUT2D eigenvalue weighted by molar-refractivity contribution is 9.10. The summed E-state index contributed by atoms with van der Waals surface area (Å²) in [5, 5.41) is 3.64. The van der Waals surface area contributed by atoms with Crippen LogP contribution in [-0.4, -0.2) is 43.3 Å². The van der Waals surface area contributed by atoms with Gasteiger partial charge in [-0.2, -0.15) is 0 Å². The van der Waals surface area contributed by atoms with Crippen LogP contribution in [0.2, 0.25) is 10.0 Å².